The molecule has 0 amide bonds. The topological polar surface area (TPSA) is 12.9 Å². The van der Waals surface area contributed by atoms with Crippen molar-refractivity contribution in [3.8, 4) is 0 Å². The summed E-state index contributed by atoms with van der Waals surface area (Å²) in [6.45, 7) is 0. The molecular formula is C19H13N. The van der Waals surface area contributed by atoms with Crippen molar-refractivity contribution in [2.24, 2.45) is 0 Å². The Labute approximate surface area is 117 Å². The lowest BCUT2D eigenvalue weighted by molar-refractivity contribution is 1.27. The molecule has 0 saturated heterocycles. The number of hydrogen-bond acceptors (Lipinski definition) is 1. The molecule has 0 N–H and O–H groups in total. The molecule has 1 nitrogen and oxygen atoms in total. The Morgan fingerprint density at radius 1 is 0.500 bits per heavy atom. The third-order valence-electron chi connectivity index (χ3n) is 3.65. The van der Waals surface area contributed by atoms with Crippen LogP contribution < -0.4 is 0 Å². The summed E-state index contributed by atoms with van der Waals surface area (Å²) in [5.41, 5.74) is 4.43. The van der Waals surface area contributed by atoms with Gasteiger partial charge in [-0.25, -0.2) is 4.98 Å². The molecule has 1 aliphatic heterocycles. The maximum atomic E-state index is 4.62. The number of nitrogens with zero attached hydrogens (tertiary/aromatic N) is 1. The summed E-state index contributed by atoms with van der Waals surface area (Å²) in [4.78, 5) is 4.62. The number of hydrogen-bond donors (Lipinski definition) is 0. The van der Waals surface area contributed by atoms with Crippen LogP contribution in [-0.4, -0.2) is 4.98 Å². The molecule has 4 rings (SSSR count). The fourth-order valence-electron chi connectivity index (χ4n) is 2.65. The molecule has 94 valence electrons. The first-order valence-electron chi connectivity index (χ1n) is 6.75. The van der Waals surface area contributed by atoms with Gasteiger partial charge >= 0.3 is 0 Å². The Morgan fingerprint density at radius 3 is 1.55 bits per heavy atom. The van der Waals surface area contributed by atoms with E-state index in [0.29, 0.717) is 0 Å². The predicted octanol–water partition coefficient (Wildman–Crippen LogP) is 4.89. The van der Waals surface area contributed by atoms with Gasteiger partial charge in [-0.1, -0.05) is 54.6 Å². The van der Waals surface area contributed by atoms with Gasteiger partial charge in [0.25, 0.3) is 0 Å². The Balaban J connectivity index is 2.10. The third kappa shape index (κ3) is 1.84. The molecule has 2 aromatic carbocycles. The van der Waals surface area contributed by atoms with Crippen molar-refractivity contribution >= 4 is 35.1 Å². The molecule has 0 atom stereocenters. The molecule has 0 unspecified atom stereocenters. The third-order valence-corrected chi connectivity index (χ3v) is 3.65. The van der Waals surface area contributed by atoms with Crippen LogP contribution in [0.5, 0.6) is 0 Å². The summed E-state index contributed by atoms with van der Waals surface area (Å²) in [6.07, 6.45) is 8.43. The zero-order valence-corrected chi connectivity index (χ0v) is 11.0. The highest BCUT2D eigenvalue weighted by molar-refractivity contribution is 5.98. The van der Waals surface area contributed by atoms with Gasteiger partial charge in [-0.3, -0.25) is 0 Å². The van der Waals surface area contributed by atoms with Crippen molar-refractivity contribution < 1.29 is 0 Å². The van der Waals surface area contributed by atoms with Crippen molar-refractivity contribution in [1.82, 2.24) is 4.98 Å². The molecule has 0 fully saturated rings. The number of fused-ring (bicyclic) bond motifs is 2. The van der Waals surface area contributed by atoms with Gasteiger partial charge in [0.1, 0.15) is 0 Å². The molecule has 0 saturated carbocycles. The van der Waals surface area contributed by atoms with E-state index in [1.54, 1.807) is 0 Å². The van der Waals surface area contributed by atoms with Crippen LogP contribution in [0.3, 0.4) is 0 Å². The smallest absolute Gasteiger partial charge is 0.0637 e. The molecule has 0 spiro atoms. The number of benzene rings is 2. The summed E-state index contributed by atoms with van der Waals surface area (Å²) in [6, 6.07) is 19.0. The lowest BCUT2D eigenvalue weighted by Crippen LogP contribution is -1.83. The van der Waals surface area contributed by atoms with E-state index in [9.17, 15) is 0 Å². The first-order chi connectivity index (χ1) is 9.90. The van der Waals surface area contributed by atoms with E-state index in [2.05, 4.69) is 65.7 Å². The highest BCUT2D eigenvalue weighted by Crippen LogP contribution is 2.26. The Kier molecular flexibility index (Phi) is 2.49. The second-order valence-electron chi connectivity index (χ2n) is 4.94. The van der Waals surface area contributed by atoms with E-state index in [1.165, 1.54) is 21.9 Å². The van der Waals surface area contributed by atoms with E-state index in [1.807, 2.05) is 18.2 Å². The van der Waals surface area contributed by atoms with Crippen LogP contribution in [0.2, 0.25) is 0 Å². The minimum atomic E-state index is 0.985. The molecule has 1 heteroatoms. The lowest BCUT2D eigenvalue weighted by atomic mass is 9.99. The Morgan fingerprint density at radius 2 is 1.00 bits per heavy atom. The van der Waals surface area contributed by atoms with Crippen molar-refractivity contribution in [3.05, 3.63) is 77.1 Å². The number of aromatic nitrogens is 1. The summed E-state index contributed by atoms with van der Waals surface area (Å²) in [5.74, 6) is 0. The maximum Gasteiger partial charge on any atom is 0.0637 e. The van der Waals surface area contributed by atoms with Gasteiger partial charge in [-0.15, -0.1) is 0 Å². The highest BCUT2D eigenvalue weighted by atomic mass is 14.7. The minimum absolute atomic E-state index is 0.985. The lowest BCUT2D eigenvalue weighted by Gasteiger charge is -2.05. The normalized spacial score (nSPS) is 15.8. The fourth-order valence-corrected chi connectivity index (χ4v) is 2.65. The van der Waals surface area contributed by atoms with Gasteiger partial charge in [0.15, 0.2) is 0 Å². The first-order valence-corrected chi connectivity index (χ1v) is 6.75. The second kappa shape index (κ2) is 4.46. The maximum absolute atomic E-state index is 4.62. The van der Waals surface area contributed by atoms with Gasteiger partial charge < -0.3 is 0 Å². The molecule has 3 aromatic rings. The summed E-state index contributed by atoms with van der Waals surface area (Å²) < 4.78 is 0. The van der Waals surface area contributed by atoms with Crippen LogP contribution >= 0.6 is 0 Å². The fraction of sp³-hybridized carbons (Fsp3) is 0. The van der Waals surface area contributed by atoms with Crippen LogP contribution in [-0.2, 0) is 0 Å². The van der Waals surface area contributed by atoms with E-state index < -0.39 is 0 Å². The average molecular weight is 255 g/mol. The van der Waals surface area contributed by atoms with E-state index >= 15 is 0 Å². The summed E-state index contributed by atoms with van der Waals surface area (Å²) in [7, 11) is 0. The summed E-state index contributed by atoms with van der Waals surface area (Å²) >= 11 is 0. The molecule has 1 aromatic heterocycles. The Bertz CT molecular complexity index is 788. The minimum Gasteiger partial charge on any atom is -0.249 e. The van der Waals surface area contributed by atoms with Crippen molar-refractivity contribution in [2.45, 2.75) is 0 Å². The van der Waals surface area contributed by atoms with Gasteiger partial charge in [-0.05, 0) is 46.2 Å². The van der Waals surface area contributed by atoms with Gasteiger partial charge in [0, 0.05) is 0 Å². The number of pyridine rings is 1. The molecule has 2 heterocycles. The van der Waals surface area contributed by atoms with Crippen LogP contribution in [0.15, 0.2) is 54.6 Å². The summed E-state index contributed by atoms with van der Waals surface area (Å²) in [5, 5.41) is 2.56. The predicted molar refractivity (Wildman–Crippen MR) is 86.0 cm³/mol. The molecule has 0 aliphatic carbocycles. The van der Waals surface area contributed by atoms with E-state index in [-0.39, 0.29) is 0 Å². The first kappa shape index (κ1) is 11.2. The van der Waals surface area contributed by atoms with Crippen LogP contribution in [0.25, 0.3) is 35.1 Å². The molecular weight excluding hydrogens is 242 g/mol. The van der Waals surface area contributed by atoms with Crippen LogP contribution in [0, 0.1) is 0 Å². The zero-order valence-electron chi connectivity index (χ0n) is 11.0. The standard InChI is InChI=1S/C19H13N/c1-4-14-10-12-16-6-3-7-17(20-16)13-11-15-5-2-9-19(14)18(15)8-1/h1-13H/b12-10-,13-11-. The van der Waals surface area contributed by atoms with E-state index in [4.69, 9.17) is 0 Å². The van der Waals surface area contributed by atoms with Gasteiger partial charge in [-0.2, -0.15) is 0 Å². The van der Waals surface area contributed by atoms with Crippen LogP contribution in [0.4, 0.5) is 0 Å². The largest absolute Gasteiger partial charge is 0.249 e. The highest BCUT2D eigenvalue weighted by Gasteiger charge is 2.03. The van der Waals surface area contributed by atoms with Gasteiger partial charge in [0.2, 0.25) is 0 Å². The molecule has 1 aliphatic rings. The molecule has 0 radical (unpaired) electrons. The Hall–Kier alpha value is -2.67. The van der Waals surface area contributed by atoms with Crippen LogP contribution in [0.1, 0.15) is 22.5 Å². The van der Waals surface area contributed by atoms with Crippen molar-refractivity contribution in [1.29, 1.82) is 0 Å². The molecule has 6 bridgehead atoms. The van der Waals surface area contributed by atoms with Crippen molar-refractivity contribution in [3.63, 3.8) is 0 Å². The second-order valence-corrected chi connectivity index (χ2v) is 4.94. The quantitative estimate of drug-likeness (QED) is 0.436. The van der Waals surface area contributed by atoms with Gasteiger partial charge in [0.05, 0.1) is 11.4 Å². The SMILES string of the molecule is C1=C\c2cccc3c(cccc23)/C=C\c2cccc/1n2. The monoisotopic (exact) mass is 255 g/mol. The zero-order chi connectivity index (χ0) is 13.4. The average Bonchev–Trinajstić information content (AvgIpc) is 2.51. The van der Waals surface area contributed by atoms with Crippen molar-refractivity contribution in [2.75, 3.05) is 0 Å². The molecule has 20 heavy (non-hydrogen) atoms. The van der Waals surface area contributed by atoms with E-state index in [0.717, 1.165) is 11.4 Å². The number of rotatable bonds is 0.